The molecule has 3 atom stereocenters. The Morgan fingerprint density at radius 3 is 2.61 bits per heavy atom. The molecular weight excluding hydrogens is 304 g/mol. The van der Waals surface area contributed by atoms with E-state index in [2.05, 4.69) is 45.9 Å². The number of nitrogens with zero attached hydrogens (tertiary/aromatic N) is 2. The van der Waals surface area contributed by atoms with Crippen LogP contribution in [-0.4, -0.2) is 22.1 Å². The fourth-order valence-corrected chi connectivity index (χ4v) is 5.58. The van der Waals surface area contributed by atoms with Gasteiger partial charge in [-0.2, -0.15) is 0 Å². The van der Waals surface area contributed by atoms with Gasteiger partial charge < -0.3 is 4.57 Å². The number of hydrogen-bond donors (Lipinski definition) is 0. The van der Waals surface area contributed by atoms with E-state index in [-0.39, 0.29) is 0 Å². The predicted molar refractivity (Wildman–Crippen MR) is 94.5 cm³/mol. The zero-order valence-electron chi connectivity index (χ0n) is 13.4. The third-order valence-corrected chi connectivity index (χ3v) is 6.75. The zero-order valence-corrected chi connectivity index (χ0v) is 14.2. The monoisotopic (exact) mass is 326 g/mol. The third kappa shape index (κ3) is 2.27. The number of halogens is 1. The van der Waals surface area contributed by atoms with Gasteiger partial charge in [-0.05, 0) is 42.7 Å². The van der Waals surface area contributed by atoms with E-state index in [1.54, 1.807) is 0 Å². The molecule has 2 saturated carbocycles. The first-order chi connectivity index (χ1) is 11.3. The van der Waals surface area contributed by atoms with Crippen molar-refractivity contribution >= 4 is 11.6 Å². The topological polar surface area (TPSA) is 8.17 Å². The molecule has 2 aliphatic carbocycles. The summed E-state index contributed by atoms with van der Waals surface area (Å²) in [6.07, 6.45) is 5.86. The average molecular weight is 327 g/mol. The molecule has 2 fully saturated rings. The van der Waals surface area contributed by atoms with Crippen LogP contribution in [0.1, 0.15) is 31.4 Å². The molecule has 3 heteroatoms. The van der Waals surface area contributed by atoms with Crippen LogP contribution < -0.4 is 0 Å². The van der Waals surface area contributed by atoms with Gasteiger partial charge in [0.2, 0.25) is 0 Å². The third-order valence-electron chi connectivity index (χ3n) is 6.35. The lowest BCUT2D eigenvalue weighted by atomic mass is 9.93. The molecule has 3 aliphatic rings. The SMILES string of the molecule is Clc1c(-c2ccccc2)cc2n1CCN(C1CC3CCC1C3)C2. The molecule has 2 bridgehead atoms. The normalized spacial score (nSPS) is 29.9. The number of hydrogen-bond acceptors (Lipinski definition) is 1. The van der Waals surface area contributed by atoms with Crippen LogP contribution in [0.3, 0.4) is 0 Å². The maximum absolute atomic E-state index is 6.69. The first-order valence-electron chi connectivity index (χ1n) is 8.97. The Hall–Kier alpha value is -1.25. The lowest BCUT2D eigenvalue weighted by molar-refractivity contribution is 0.112. The molecule has 23 heavy (non-hydrogen) atoms. The Morgan fingerprint density at radius 2 is 1.87 bits per heavy atom. The molecule has 0 N–H and O–H groups in total. The fourth-order valence-electron chi connectivity index (χ4n) is 5.23. The van der Waals surface area contributed by atoms with Crippen LogP contribution in [0.15, 0.2) is 36.4 Å². The summed E-state index contributed by atoms with van der Waals surface area (Å²) in [5.74, 6) is 1.98. The van der Waals surface area contributed by atoms with E-state index in [9.17, 15) is 0 Å². The van der Waals surface area contributed by atoms with E-state index in [0.29, 0.717) is 0 Å². The van der Waals surface area contributed by atoms with E-state index < -0.39 is 0 Å². The molecule has 2 nitrogen and oxygen atoms in total. The zero-order chi connectivity index (χ0) is 15.4. The lowest BCUT2D eigenvalue weighted by Gasteiger charge is -2.37. The molecule has 3 unspecified atom stereocenters. The van der Waals surface area contributed by atoms with Crippen LogP contribution >= 0.6 is 11.6 Å². The van der Waals surface area contributed by atoms with E-state index in [1.165, 1.54) is 42.5 Å². The second kappa shape index (κ2) is 5.39. The Kier molecular flexibility index (Phi) is 3.31. The summed E-state index contributed by atoms with van der Waals surface area (Å²) < 4.78 is 2.33. The largest absolute Gasteiger partial charge is 0.333 e. The van der Waals surface area contributed by atoms with Gasteiger partial charge in [-0.1, -0.05) is 48.4 Å². The van der Waals surface area contributed by atoms with Crippen molar-refractivity contribution in [3.05, 3.63) is 47.2 Å². The molecule has 2 heterocycles. The minimum absolute atomic E-state index is 0.830. The summed E-state index contributed by atoms with van der Waals surface area (Å²) in [4.78, 5) is 2.74. The highest BCUT2D eigenvalue weighted by atomic mass is 35.5. The van der Waals surface area contributed by atoms with Crippen molar-refractivity contribution in [2.45, 2.75) is 44.8 Å². The molecule has 0 amide bonds. The molecule has 5 rings (SSSR count). The fraction of sp³-hybridized carbons (Fsp3) is 0.500. The summed E-state index contributed by atoms with van der Waals surface area (Å²) in [6.45, 7) is 3.26. The van der Waals surface area contributed by atoms with Crippen molar-refractivity contribution < 1.29 is 0 Å². The predicted octanol–water partition coefficient (Wildman–Crippen LogP) is 4.81. The maximum atomic E-state index is 6.69. The minimum atomic E-state index is 0.830. The summed E-state index contributed by atoms with van der Waals surface area (Å²) in [7, 11) is 0. The van der Waals surface area contributed by atoms with E-state index >= 15 is 0 Å². The highest BCUT2D eigenvalue weighted by Gasteiger charge is 2.43. The van der Waals surface area contributed by atoms with E-state index in [1.807, 2.05) is 0 Å². The quantitative estimate of drug-likeness (QED) is 0.768. The number of fused-ring (bicyclic) bond motifs is 3. The molecule has 120 valence electrons. The maximum Gasteiger partial charge on any atom is 0.117 e. The van der Waals surface area contributed by atoms with Crippen LogP contribution in [0.25, 0.3) is 11.1 Å². The van der Waals surface area contributed by atoms with Crippen molar-refractivity contribution in [3.8, 4) is 11.1 Å². The summed E-state index contributed by atoms with van der Waals surface area (Å²) in [5.41, 5.74) is 3.81. The van der Waals surface area contributed by atoms with E-state index in [4.69, 9.17) is 11.6 Å². The van der Waals surface area contributed by atoms with Crippen LogP contribution in [-0.2, 0) is 13.1 Å². The van der Waals surface area contributed by atoms with Crippen molar-refractivity contribution in [1.29, 1.82) is 0 Å². The van der Waals surface area contributed by atoms with Gasteiger partial charge in [0.15, 0.2) is 0 Å². The van der Waals surface area contributed by atoms with E-state index in [0.717, 1.165) is 42.7 Å². The standard InChI is InChI=1S/C20H23ClN2/c21-20-18(15-4-2-1-3-5-15)12-17-13-22(8-9-23(17)20)19-11-14-6-7-16(19)10-14/h1-5,12,14,16,19H,6-11,13H2. The van der Waals surface area contributed by atoms with Gasteiger partial charge in [0.05, 0.1) is 0 Å². The van der Waals surface area contributed by atoms with Crippen LogP contribution in [0.2, 0.25) is 5.15 Å². The van der Waals surface area contributed by atoms with Gasteiger partial charge in [0.1, 0.15) is 5.15 Å². The Balaban J connectivity index is 1.43. The first-order valence-corrected chi connectivity index (χ1v) is 9.35. The van der Waals surface area contributed by atoms with Gasteiger partial charge in [0, 0.05) is 36.9 Å². The van der Waals surface area contributed by atoms with Crippen molar-refractivity contribution in [1.82, 2.24) is 9.47 Å². The Morgan fingerprint density at radius 1 is 1.00 bits per heavy atom. The van der Waals surface area contributed by atoms with Crippen molar-refractivity contribution in [3.63, 3.8) is 0 Å². The first kappa shape index (κ1) is 14.1. The van der Waals surface area contributed by atoms with Crippen molar-refractivity contribution in [2.75, 3.05) is 6.54 Å². The Bertz CT molecular complexity index is 721. The highest BCUT2D eigenvalue weighted by molar-refractivity contribution is 6.32. The van der Waals surface area contributed by atoms with Gasteiger partial charge in [0.25, 0.3) is 0 Å². The van der Waals surface area contributed by atoms with Gasteiger partial charge in [-0.15, -0.1) is 0 Å². The summed E-state index contributed by atoms with van der Waals surface area (Å²) in [6, 6.07) is 13.7. The molecule has 0 spiro atoms. The second-order valence-electron chi connectivity index (χ2n) is 7.57. The number of aromatic nitrogens is 1. The highest BCUT2D eigenvalue weighted by Crippen LogP contribution is 2.47. The summed E-state index contributed by atoms with van der Waals surface area (Å²) >= 11 is 6.69. The molecule has 1 aromatic heterocycles. The molecule has 1 aliphatic heterocycles. The smallest absolute Gasteiger partial charge is 0.117 e. The van der Waals surface area contributed by atoms with Crippen LogP contribution in [0.4, 0.5) is 0 Å². The van der Waals surface area contributed by atoms with Gasteiger partial charge >= 0.3 is 0 Å². The number of benzene rings is 1. The number of rotatable bonds is 2. The van der Waals surface area contributed by atoms with Crippen LogP contribution in [0.5, 0.6) is 0 Å². The van der Waals surface area contributed by atoms with Crippen molar-refractivity contribution in [2.24, 2.45) is 11.8 Å². The van der Waals surface area contributed by atoms with Gasteiger partial charge in [-0.25, -0.2) is 0 Å². The van der Waals surface area contributed by atoms with Gasteiger partial charge in [-0.3, -0.25) is 4.90 Å². The minimum Gasteiger partial charge on any atom is -0.333 e. The molecular formula is C20H23ClN2. The average Bonchev–Trinajstić information content (AvgIpc) is 3.30. The Labute approximate surface area is 143 Å². The summed E-state index contributed by atoms with van der Waals surface area (Å²) in [5, 5.41) is 0.916. The molecule has 0 radical (unpaired) electrons. The van der Waals surface area contributed by atoms with Crippen LogP contribution in [0, 0.1) is 11.8 Å². The second-order valence-corrected chi connectivity index (χ2v) is 7.93. The lowest BCUT2D eigenvalue weighted by Crippen LogP contribution is -2.43. The molecule has 2 aromatic rings. The molecule has 1 aromatic carbocycles. The molecule has 0 saturated heterocycles.